The van der Waals surface area contributed by atoms with Crippen molar-refractivity contribution in [3.63, 3.8) is 0 Å². The van der Waals surface area contributed by atoms with Crippen LogP contribution in [0.15, 0.2) is 17.0 Å². The summed E-state index contributed by atoms with van der Waals surface area (Å²) in [7, 11) is -3.86. The number of primary sulfonamides is 1. The second kappa shape index (κ2) is 5.06. The van der Waals surface area contributed by atoms with Crippen molar-refractivity contribution < 1.29 is 13.2 Å². The number of aromatic amines is 1. The largest absolute Gasteiger partial charge is 0.363 e. The Labute approximate surface area is 114 Å². The Morgan fingerprint density at radius 2 is 2.22 bits per heavy atom. The molecule has 0 saturated heterocycles. The number of imidazole rings is 1. The van der Waals surface area contributed by atoms with Crippen LogP contribution in [-0.2, 0) is 21.4 Å². The highest BCUT2D eigenvalue weighted by molar-refractivity contribution is 7.89. The average molecular weight is 308 g/mol. The molecule has 1 aromatic heterocycles. The Hall–Kier alpha value is -0.800. The molecule has 0 amide bonds. The van der Waals surface area contributed by atoms with E-state index >= 15 is 0 Å². The maximum absolute atomic E-state index is 11.3. The molecule has 2 rings (SSSR count). The summed E-state index contributed by atoms with van der Waals surface area (Å²) < 4.78 is 27.7. The molecule has 0 unspecified atom stereocenters. The van der Waals surface area contributed by atoms with Crippen molar-refractivity contribution >= 4 is 45.3 Å². The number of nitrogens with zero attached hydrogens (tertiary/aromatic N) is 1. The SMILES string of the molecule is NS(=O)(=O)c1cc2[nH]c(COCS)nc2cc1Cl. The number of nitrogens with one attached hydrogen (secondary N) is 1. The molecule has 1 heterocycles. The molecule has 0 saturated carbocycles. The van der Waals surface area contributed by atoms with E-state index in [1.165, 1.54) is 12.1 Å². The fourth-order valence-corrected chi connectivity index (χ4v) is 2.68. The van der Waals surface area contributed by atoms with Crippen LogP contribution in [0.4, 0.5) is 0 Å². The number of nitrogens with two attached hydrogens (primary N) is 1. The van der Waals surface area contributed by atoms with Crippen molar-refractivity contribution in [2.24, 2.45) is 5.14 Å². The number of hydrogen-bond donors (Lipinski definition) is 3. The molecule has 98 valence electrons. The Bertz CT molecular complexity index is 684. The lowest BCUT2D eigenvalue weighted by molar-refractivity contribution is 0.164. The molecule has 0 atom stereocenters. The van der Waals surface area contributed by atoms with E-state index in [0.29, 0.717) is 16.9 Å². The number of thiol groups is 1. The Morgan fingerprint density at radius 1 is 1.50 bits per heavy atom. The third kappa shape index (κ3) is 2.78. The minimum atomic E-state index is -3.86. The van der Waals surface area contributed by atoms with Gasteiger partial charge in [0.1, 0.15) is 17.3 Å². The minimum absolute atomic E-state index is 0.0400. The van der Waals surface area contributed by atoms with Gasteiger partial charge in [-0.15, -0.1) is 0 Å². The van der Waals surface area contributed by atoms with Gasteiger partial charge in [0.25, 0.3) is 0 Å². The van der Waals surface area contributed by atoms with Crippen LogP contribution in [-0.4, -0.2) is 24.3 Å². The molecule has 0 aliphatic heterocycles. The second-order valence-corrected chi connectivity index (χ2v) is 5.70. The Kier molecular flexibility index (Phi) is 3.83. The number of sulfonamides is 1. The zero-order chi connectivity index (χ0) is 13.3. The number of benzene rings is 1. The summed E-state index contributed by atoms with van der Waals surface area (Å²) in [6.45, 7) is 0.251. The maximum atomic E-state index is 11.3. The van der Waals surface area contributed by atoms with Gasteiger partial charge in [-0.3, -0.25) is 0 Å². The first-order valence-corrected chi connectivity index (χ1v) is 7.37. The van der Waals surface area contributed by atoms with Crippen LogP contribution >= 0.6 is 24.2 Å². The lowest BCUT2D eigenvalue weighted by Crippen LogP contribution is -2.12. The molecule has 0 spiro atoms. The highest BCUT2D eigenvalue weighted by Gasteiger charge is 2.15. The summed E-state index contributed by atoms with van der Waals surface area (Å²) >= 11 is 9.75. The predicted molar refractivity (Wildman–Crippen MR) is 71.1 cm³/mol. The predicted octanol–water partition coefficient (Wildman–Crippen LogP) is 1.27. The van der Waals surface area contributed by atoms with Crippen LogP contribution in [0.25, 0.3) is 11.0 Å². The van der Waals surface area contributed by atoms with Gasteiger partial charge in [0.2, 0.25) is 10.0 Å². The summed E-state index contributed by atoms with van der Waals surface area (Å²) in [5, 5.41) is 5.09. The van der Waals surface area contributed by atoms with E-state index in [2.05, 4.69) is 22.6 Å². The van der Waals surface area contributed by atoms with Crippen molar-refractivity contribution in [1.29, 1.82) is 0 Å². The molecular weight excluding hydrogens is 298 g/mol. The van der Waals surface area contributed by atoms with Crippen LogP contribution in [0.2, 0.25) is 5.02 Å². The van der Waals surface area contributed by atoms with E-state index in [1.807, 2.05) is 0 Å². The number of hydrogen-bond acceptors (Lipinski definition) is 5. The van der Waals surface area contributed by atoms with Gasteiger partial charge >= 0.3 is 0 Å². The van der Waals surface area contributed by atoms with Gasteiger partial charge in [-0.2, -0.15) is 12.6 Å². The molecule has 0 aliphatic rings. The molecule has 18 heavy (non-hydrogen) atoms. The van der Waals surface area contributed by atoms with Crippen LogP contribution in [0.3, 0.4) is 0 Å². The van der Waals surface area contributed by atoms with E-state index in [-0.39, 0.29) is 22.5 Å². The van der Waals surface area contributed by atoms with Gasteiger partial charge in [0, 0.05) is 0 Å². The van der Waals surface area contributed by atoms with E-state index in [1.54, 1.807) is 0 Å². The third-order valence-corrected chi connectivity index (χ3v) is 3.78. The van der Waals surface area contributed by atoms with Crippen molar-refractivity contribution in [1.82, 2.24) is 9.97 Å². The number of halogens is 1. The van der Waals surface area contributed by atoms with Crippen LogP contribution < -0.4 is 5.14 Å². The molecule has 6 nitrogen and oxygen atoms in total. The molecule has 0 radical (unpaired) electrons. The van der Waals surface area contributed by atoms with Gasteiger partial charge < -0.3 is 9.72 Å². The Balaban J connectivity index is 2.51. The van der Waals surface area contributed by atoms with E-state index in [9.17, 15) is 8.42 Å². The highest BCUT2D eigenvalue weighted by Crippen LogP contribution is 2.25. The molecule has 3 N–H and O–H groups in total. The fraction of sp³-hybridized carbons (Fsp3) is 0.222. The topological polar surface area (TPSA) is 98.1 Å². The van der Waals surface area contributed by atoms with Crippen LogP contribution in [0.1, 0.15) is 5.82 Å². The van der Waals surface area contributed by atoms with E-state index in [4.69, 9.17) is 21.5 Å². The van der Waals surface area contributed by atoms with Crippen LogP contribution in [0, 0.1) is 0 Å². The number of rotatable bonds is 4. The molecule has 9 heteroatoms. The first kappa shape index (κ1) is 13.6. The highest BCUT2D eigenvalue weighted by atomic mass is 35.5. The summed E-state index contributed by atoms with van der Waals surface area (Å²) in [5.74, 6) is 0.821. The molecule has 0 aliphatic carbocycles. The molecule has 1 aromatic carbocycles. The van der Waals surface area contributed by atoms with Crippen molar-refractivity contribution in [3.05, 3.63) is 23.0 Å². The zero-order valence-electron chi connectivity index (χ0n) is 9.05. The van der Waals surface area contributed by atoms with Crippen LogP contribution in [0.5, 0.6) is 0 Å². The van der Waals surface area contributed by atoms with Crippen molar-refractivity contribution in [3.8, 4) is 0 Å². The quantitative estimate of drug-likeness (QED) is 0.585. The fourth-order valence-electron chi connectivity index (χ4n) is 1.49. The first-order valence-electron chi connectivity index (χ1n) is 4.81. The average Bonchev–Trinajstić information content (AvgIpc) is 2.65. The van der Waals surface area contributed by atoms with Gasteiger partial charge in [0.05, 0.1) is 22.0 Å². The zero-order valence-corrected chi connectivity index (χ0v) is 11.5. The lowest BCUT2D eigenvalue weighted by atomic mass is 10.3. The monoisotopic (exact) mass is 307 g/mol. The molecule has 0 bridgehead atoms. The van der Waals surface area contributed by atoms with Gasteiger partial charge in [-0.25, -0.2) is 18.5 Å². The van der Waals surface area contributed by atoms with Gasteiger partial charge in [-0.1, -0.05) is 11.6 Å². The summed E-state index contributed by atoms with van der Waals surface area (Å²) in [6, 6.07) is 2.79. The number of ether oxygens (including phenoxy) is 1. The number of aromatic nitrogens is 2. The maximum Gasteiger partial charge on any atom is 0.239 e. The summed E-state index contributed by atoms with van der Waals surface area (Å²) in [5.41, 5.74) is 1.08. The molecule has 0 fully saturated rings. The summed E-state index contributed by atoms with van der Waals surface area (Å²) in [4.78, 5) is 6.98. The second-order valence-electron chi connectivity index (χ2n) is 3.51. The molecule has 2 aromatic rings. The number of fused-ring (bicyclic) bond motifs is 1. The first-order chi connectivity index (χ1) is 8.41. The van der Waals surface area contributed by atoms with Gasteiger partial charge in [0.15, 0.2) is 0 Å². The minimum Gasteiger partial charge on any atom is -0.363 e. The lowest BCUT2D eigenvalue weighted by Gasteiger charge is -2.00. The van der Waals surface area contributed by atoms with Gasteiger partial charge in [-0.05, 0) is 12.1 Å². The van der Waals surface area contributed by atoms with Crippen molar-refractivity contribution in [2.75, 3.05) is 5.94 Å². The Morgan fingerprint density at radius 3 is 2.83 bits per heavy atom. The van der Waals surface area contributed by atoms with E-state index in [0.717, 1.165) is 0 Å². The third-order valence-electron chi connectivity index (χ3n) is 2.22. The summed E-state index contributed by atoms with van der Waals surface area (Å²) in [6.07, 6.45) is 0. The number of H-pyrrole nitrogens is 1. The standard InChI is InChI=1S/C9H10ClN3O3S2/c10-5-1-6-7(2-8(5)18(11,14)15)13-9(12-6)3-16-4-17/h1-2,17H,3-4H2,(H,12,13)(H2,11,14,15). The van der Waals surface area contributed by atoms with E-state index < -0.39 is 10.0 Å². The molecular formula is C9H10ClN3O3S2. The smallest absolute Gasteiger partial charge is 0.239 e. The van der Waals surface area contributed by atoms with Crippen molar-refractivity contribution in [2.45, 2.75) is 11.5 Å². The normalized spacial score (nSPS) is 12.2.